The van der Waals surface area contributed by atoms with E-state index in [-0.39, 0.29) is 18.1 Å². The van der Waals surface area contributed by atoms with Gasteiger partial charge in [-0.2, -0.15) is 0 Å². The van der Waals surface area contributed by atoms with E-state index in [4.69, 9.17) is 25.5 Å². The maximum Gasteiger partial charge on any atom is 0.349 e. The molecule has 1 heterocycles. The van der Waals surface area contributed by atoms with Crippen LogP contribution in [0.3, 0.4) is 0 Å². The number of aryl methyl sites for hydroxylation is 1. The highest BCUT2D eigenvalue weighted by molar-refractivity contribution is 6.30. The number of esters is 1. The lowest BCUT2D eigenvalue weighted by Crippen LogP contribution is -2.21. The molecule has 0 amide bonds. The smallest absolute Gasteiger partial charge is 0.349 e. The van der Waals surface area contributed by atoms with Gasteiger partial charge in [-0.05, 0) is 43.3 Å². The van der Waals surface area contributed by atoms with Gasteiger partial charge in [0.1, 0.15) is 11.3 Å². The Morgan fingerprint density at radius 1 is 1.00 bits per heavy atom. The van der Waals surface area contributed by atoms with E-state index in [0.29, 0.717) is 27.3 Å². The van der Waals surface area contributed by atoms with E-state index in [1.54, 1.807) is 48.5 Å². The van der Waals surface area contributed by atoms with Gasteiger partial charge in [0.15, 0.2) is 12.4 Å². The van der Waals surface area contributed by atoms with E-state index in [0.717, 1.165) is 5.56 Å². The molecule has 4 aromatic rings. The molecule has 1 aromatic heterocycles. The lowest BCUT2D eigenvalue weighted by Gasteiger charge is -2.11. The van der Waals surface area contributed by atoms with Crippen molar-refractivity contribution in [2.24, 2.45) is 0 Å². The first-order valence-corrected chi connectivity index (χ1v) is 9.61. The molecule has 3 aromatic carbocycles. The van der Waals surface area contributed by atoms with Gasteiger partial charge in [0.25, 0.3) is 0 Å². The summed E-state index contributed by atoms with van der Waals surface area (Å²) in [6.45, 7) is 1.50. The Morgan fingerprint density at radius 3 is 2.47 bits per heavy atom. The van der Waals surface area contributed by atoms with Crippen LogP contribution in [0.1, 0.15) is 5.56 Å². The monoisotopic (exact) mass is 420 g/mol. The molecular formula is C24H17ClO5. The van der Waals surface area contributed by atoms with Crippen LogP contribution < -0.4 is 14.9 Å². The van der Waals surface area contributed by atoms with Crippen molar-refractivity contribution in [1.82, 2.24) is 0 Å². The average molecular weight is 421 g/mol. The Morgan fingerprint density at radius 2 is 1.73 bits per heavy atom. The van der Waals surface area contributed by atoms with Gasteiger partial charge < -0.3 is 13.9 Å². The summed E-state index contributed by atoms with van der Waals surface area (Å²) in [5, 5.41) is 0.901. The lowest BCUT2D eigenvalue weighted by molar-refractivity contribution is -0.136. The molecule has 0 radical (unpaired) electrons. The molecule has 0 aliphatic heterocycles. The standard InChI is InChI=1S/C24H17ClO5/c1-15-7-12-20-19(13-15)22(27)24(23(29-20)16-5-3-2-4-6-16)30-21(26)14-28-18-10-8-17(25)9-11-18/h2-13H,14H2,1H3. The van der Waals surface area contributed by atoms with Crippen LogP contribution in [0.4, 0.5) is 0 Å². The van der Waals surface area contributed by atoms with E-state index in [2.05, 4.69) is 0 Å². The minimum atomic E-state index is -0.721. The summed E-state index contributed by atoms with van der Waals surface area (Å²) in [5.74, 6) is -0.233. The highest BCUT2D eigenvalue weighted by atomic mass is 35.5. The zero-order valence-corrected chi connectivity index (χ0v) is 16.8. The third kappa shape index (κ3) is 4.21. The van der Waals surface area contributed by atoms with Crippen LogP contribution in [0.2, 0.25) is 5.02 Å². The molecule has 0 atom stereocenters. The van der Waals surface area contributed by atoms with Crippen molar-refractivity contribution in [1.29, 1.82) is 0 Å². The van der Waals surface area contributed by atoms with Crippen LogP contribution in [0, 0.1) is 6.92 Å². The third-order valence-electron chi connectivity index (χ3n) is 4.43. The second kappa shape index (κ2) is 8.43. The van der Waals surface area contributed by atoms with Gasteiger partial charge in [0, 0.05) is 10.6 Å². The summed E-state index contributed by atoms with van der Waals surface area (Å²) in [7, 11) is 0. The van der Waals surface area contributed by atoms with Crippen LogP contribution in [-0.4, -0.2) is 12.6 Å². The predicted molar refractivity (Wildman–Crippen MR) is 115 cm³/mol. The molecule has 0 unspecified atom stereocenters. The fourth-order valence-electron chi connectivity index (χ4n) is 2.98. The van der Waals surface area contributed by atoms with E-state index in [1.165, 1.54) is 0 Å². The summed E-state index contributed by atoms with van der Waals surface area (Å²) >= 11 is 5.84. The minimum Gasteiger partial charge on any atom is -0.482 e. The quantitative estimate of drug-likeness (QED) is 0.404. The van der Waals surface area contributed by atoms with Crippen molar-refractivity contribution in [2.75, 3.05) is 6.61 Å². The van der Waals surface area contributed by atoms with E-state index in [1.807, 2.05) is 31.2 Å². The normalized spacial score (nSPS) is 10.7. The number of carbonyl (C=O) groups is 1. The fraction of sp³-hybridized carbons (Fsp3) is 0.0833. The summed E-state index contributed by atoms with van der Waals surface area (Å²) in [6, 6.07) is 20.9. The molecule has 0 N–H and O–H groups in total. The van der Waals surface area contributed by atoms with Gasteiger partial charge in [-0.3, -0.25) is 4.79 Å². The van der Waals surface area contributed by atoms with E-state index < -0.39 is 11.4 Å². The molecule has 0 aliphatic carbocycles. The summed E-state index contributed by atoms with van der Waals surface area (Å²) in [5.41, 5.74) is 1.52. The molecule has 6 heteroatoms. The Balaban J connectivity index is 1.69. The molecule has 150 valence electrons. The first kappa shape index (κ1) is 19.7. The second-order valence-electron chi connectivity index (χ2n) is 6.67. The largest absolute Gasteiger partial charge is 0.482 e. The number of carbonyl (C=O) groups excluding carboxylic acids is 1. The summed E-state index contributed by atoms with van der Waals surface area (Å²) in [4.78, 5) is 25.6. The molecule has 0 saturated heterocycles. The molecule has 4 rings (SSSR count). The van der Waals surface area contributed by atoms with Crippen molar-refractivity contribution in [3.05, 3.63) is 93.6 Å². The summed E-state index contributed by atoms with van der Waals surface area (Å²) < 4.78 is 16.8. The Labute approximate surface area is 177 Å². The molecule has 0 fully saturated rings. The van der Waals surface area contributed by atoms with Crippen molar-refractivity contribution in [2.45, 2.75) is 6.92 Å². The average Bonchev–Trinajstić information content (AvgIpc) is 2.76. The van der Waals surface area contributed by atoms with Crippen molar-refractivity contribution >= 4 is 28.5 Å². The first-order chi connectivity index (χ1) is 14.5. The predicted octanol–water partition coefficient (Wildman–Crippen LogP) is 5.41. The number of hydrogen-bond acceptors (Lipinski definition) is 5. The van der Waals surface area contributed by atoms with Gasteiger partial charge in [0.2, 0.25) is 11.2 Å². The number of rotatable bonds is 5. The highest BCUT2D eigenvalue weighted by Gasteiger charge is 2.21. The number of benzene rings is 3. The second-order valence-corrected chi connectivity index (χ2v) is 7.11. The van der Waals surface area contributed by atoms with Crippen molar-refractivity contribution in [3.63, 3.8) is 0 Å². The zero-order chi connectivity index (χ0) is 21.1. The number of hydrogen-bond donors (Lipinski definition) is 0. The summed E-state index contributed by atoms with van der Waals surface area (Å²) in [6.07, 6.45) is 0. The number of fused-ring (bicyclic) bond motifs is 1. The SMILES string of the molecule is Cc1ccc2oc(-c3ccccc3)c(OC(=O)COc3ccc(Cl)cc3)c(=O)c2c1. The van der Waals surface area contributed by atoms with Crippen molar-refractivity contribution < 1.29 is 18.7 Å². The molecular weight excluding hydrogens is 404 g/mol. The van der Waals surface area contributed by atoms with Crippen LogP contribution >= 0.6 is 11.6 Å². The molecule has 0 bridgehead atoms. The van der Waals surface area contributed by atoms with Gasteiger partial charge in [-0.25, -0.2) is 4.79 Å². The third-order valence-corrected chi connectivity index (χ3v) is 4.68. The van der Waals surface area contributed by atoms with Crippen LogP contribution in [0.15, 0.2) is 82.0 Å². The lowest BCUT2D eigenvalue weighted by atomic mass is 10.1. The number of ether oxygens (including phenoxy) is 2. The first-order valence-electron chi connectivity index (χ1n) is 9.23. The Kier molecular flexibility index (Phi) is 5.55. The zero-order valence-electron chi connectivity index (χ0n) is 16.1. The molecule has 30 heavy (non-hydrogen) atoms. The Bertz CT molecular complexity index is 1260. The molecule has 0 aliphatic rings. The fourth-order valence-corrected chi connectivity index (χ4v) is 3.11. The highest BCUT2D eigenvalue weighted by Crippen LogP contribution is 2.31. The van der Waals surface area contributed by atoms with Gasteiger partial charge >= 0.3 is 5.97 Å². The molecule has 5 nitrogen and oxygen atoms in total. The van der Waals surface area contributed by atoms with Crippen LogP contribution in [0.5, 0.6) is 11.5 Å². The van der Waals surface area contributed by atoms with E-state index in [9.17, 15) is 9.59 Å². The maximum absolute atomic E-state index is 13.1. The molecule has 0 spiro atoms. The van der Waals surface area contributed by atoms with Gasteiger partial charge in [-0.1, -0.05) is 53.6 Å². The van der Waals surface area contributed by atoms with Gasteiger partial charge in [0.05, 0.1) is 5.39 Å². The maximum atomic E-state index is 13.1. The number of halogens is 1. The molecule has 0 saturated carbocycles. The minimum absolute atomic E-state index is 0.163. The van der Waals surface area contributed by atoms with Gasteiger partial charge in [-0.15, -0.1) is 0 Å². The van der Waals surface area contributed by atoms with Crippen molar-refractivity contribution in [3.8, 4) is 22.8 Å². The van der Waals surface area contributed by atoms with Crippen LogP contribution in [-0.2, 0) is 4.79 Å². The van der Waals surface area contributed by atoms with E-state index >= 15 is 0 Å². The Hall–Kier alpha value is -3.57. The topological polar surface area (TPSA) is 65.7 Å². The van der Waals surface area contributed by atoms with Crippen LogP contribution in [0.25, 0.3) is 22.3 Å².